The maximum absolute atomic E-state index is 11.7. The highest BCUT2D eigenvalue weighted by molar-refractivity contribution is 5.80. The minimum atomic E-state index is -0.932. The Labute approximate surface area is 125 Å². The van der Waals surface area contributed by atoms with Crippen LogP contribution in [0.15, 0.2) is 24.3 Å². The smallest absolute Gasteiger partial charge is 0.325 e. The Morgan fingerprint density at radius 2 is 2.10 bits per heavy atom. The topological polar surface area (TPSA) is 70.8 Å². The van der Waals surface area contributed by atoms with Crippen molar-refractivity contribution in [2.75, 3.05) is 13.7 Å². The van der Waals surface area contributed by atoms with E-state index >= 15 is 0 Å². The predicted molar refractivity (Wildman–Crippen MR) is 79.4 cm³/mol. The van der Waals surface area contributed by atoms with Crippen LogP contribution in [0, 0.1) is 0 Å². The van der Waals surface area contributed by atoms with Gasteiger partial charge in [-0.15, -0.1) is 0 Å². The standard InChI is InChI=1S/C16H23NO4/c1-3-10-20-13-6-4-5-7-14(13)21-12-8-9-16(17,11-12)15(18)19-2/h4-7,12H,3,8-11,17H2,1-2H3. The third kappa shape index (κ3) is 3.67. The average Bonchev–Trinajstić information content (AvgIpc) is 2.88. The zero-order valence-electron chi connectivity index (χ0n) is 12.6. The van der Waals surface area contributed by atoms with Gasteiger partial charge in [0, 0.05) is 6.42 Å². The Morgan fingerprint density at radius 3 is 2.76 bits per heavy atom. The van der Waals surface area contributed by atoms with Gasteiger partial charge in [0.15, 0.2) is 11.5 Å². The summed E-state index contributed by atoms with van der Waals surface area (Å²) in [6.45, 7) is 2.70. The molecule has 2 atom stereocenters. The summed E-state index contributed by atoms with van der Waals surface area (Å²) in [4.78, 5) is 11.7. The molecule has 116 valence electrons. The van der Waals surface area contributed by atoms with Gasteiger partial charge in [0.1, 0.15) is 11.6 Å². The molecule has 0 spiro atoms. The van der Waals surface area contributed by atoms with Crippen LogP contribution in [-0.2, 0) is 9.53 Å². The number of ether oxygens (including phenoxy) is 3. The molecule has 1 aliphatic rings. The van der Waals surface area contributed by atoms with Crippen molar-refractivity contribution in [2.24, 2.45) is 5.73 Å². The van der Waals surface area contributed by atoms with Crippen molar-refractivity contribution >= 4 is 5.97 Å². The molecule has 21 heavy (non-hydrogen) atoms. The lowest BCUT2D eigenvalue weighted by atomic mass is 10.00. The molecule has 0 amide bonds. The largest absolute Gasteiger partial charge is 0.490 e. The zero-order valence-corrected chi connectivity index (χ0v) is 12.6. The molecular weight excluding hydrogens is 270 g/mol. The average molecular weight is 293 g/mol. The molecule has 1 aromatic carbocycles. The molecule has 5 nitrogen and oxygen atoms in total. The van der Waals surface area contributed by atoms with Crippen molar-refractivity contribution < 1.29 is 19.0 Å². The molecule has 0 heterocycles. The number of nitrogens with two attached hydrogens (primary N) is 1. The fourth-order valence-electron chi connectivity index (χ4n) is 2.58. The lowest BCUT2D eigenvalue weighted by molar-refractivity contribution is -0.147. The van der Waals surface area contributed by atoms with Crippen LogP contribution < -0.4 is 15.2 Å². The van der Waals surface area contributed by atoms with Crippen LogP contribution in [0.2, 0.25) is 0 Å². The van der Waals surface area contributed by atoms with Crippen molar-refractivity contribution in [3.63, 3.8) is 0 Å². The second kappa shape index (κ2) is 6.80. The van der Waals surface area contributed by atoms with E-state index in [2.05, 4.69) is 6.92 Å². The summed E-state index contributed by atoms with van der Waals surface area (Å²) in [6, 6.07) is 7.57. The van der Waals surface area contributed by atoms with E-state index in [-0.39, 0.29) is 12.1 Å². The Kier molecular flexibility index (Phi) is 5.07. The summed E-state index contributed by atoms with van der Waals surface area (Å²) in [6.07, 6.45) is 2.60. The number of rotatable bonds is 6. The summed E-state index contributed by atoms with van der Waals surface area (Å²) in [5.41, 5.74) is 5.16. The first-order valence-corrected chi connectivity index (χ1v) is 7.35. The third-order valence-electron chi connectivity index (χ3n) is 3.70. The number of para-hydroxylation sites is 2. The van der Waals surface area contributed by atoms with Gasteiger partial charge in [0.2, 0.25) is 0 Å². The van der Waals surface area contributed by atoms with Gasteiger partial charge in [-0.2, -0.15) is 0 Å². The van der Waals surface area contributed by atoms with Gasteiger partial charge >= 0.3 is 5.97 Å². The van der Waals surface area contributed by atoms with Crippen LogP contribution in [0.25, 0.3) is 0 Å². The van der Waals surface area contributed by atoms with Crippen LogP contribution in [0.1, 0.15) is 32.6 Å². The molecule has 0 bridgehead atoms. The molecule has 2 N–H and O–H groups in total. The second-order valence-electron chi connectivity index (χ2n) is 5.43. The van der Waals surface area contributed by atoms with E-state index in [0.29, 0.717) is 25.2 Å². The summed E-state index contributed by atoms with van der Waals surface area (Å²) in [5, 5.41) is 0. The monoisotopic (exact) mass is 293 g/mol. The SMILES string of the molecule is CCCOc1ccccc1OC1CCC(N)(C(=O)OC)C1. The highest BCUT2D eigenvalue weighted by Gasteiger charge is 2.44. The van der Waals surface area contributed by atoms with E-state index < -0.39 is 5.54 Å². The molecule has 5 heteroatoms. The second-order valence-corrected chi connectivity index (χ2v) is 5.43. The number of methoxy groups -OCH3 is 1. The quantitative estimate of drug-likeness (QED) is 0.815. The fraction of sp³-hybridized carbons (Fsp3) is 0.562. The van der Waals surface area contributed by atoms with Gasteiger partial charge in [-0.25, -0.2) is 0 Å². The van der Waals surface area contributed by atoms with Crippen molar-refractivity contribution in [1.29, 1.82) is 0 Å². The van der Waals surface area contributed by atoms with Gasteiger partial charge in [-0.1, -0.05) is 19.1 Å². The number of hydrogen-bond donors (Lipinski definition) is 1. The molecule has 0 aromatic heterocycles. The van der Waals surface area contributed by atoms with Gasteiger partial charge < -0.3 is 19.9 Å². The Morgan fingerprint density at radius 1 is 1.38 bits per heavy atom. The van der Waals surface area contributed by atoms with E-state index in [4.69, 9.17) is 19.9 Å². The molecule has 1 aliphatic carbocycles. The van der Waals surface area contributed by atoms with Crippen LogP contribution in [-0.4, -0.2) is 31.3 Å². The van der Waals surface area contributed by atoms with Crippen LogP contribution in [0.5, 0.6) is 11.5 Å². The Balaban J connectivity index is 2.02. The van der Waals surface area contributed by atoms with E-state index in [1.807, 2.05) is 24.3 Å². The summed E-state index contributed by atoms with van der Waals surface area (Å²) in [7, 11) is 1.36. The van der Waals surface area contributed by atoms with E-state index in [1.165, 1.54) is 7.11 Å². The normalized spacial score (nSPS) is 24.6. The Hall–Kier alpha value is -1.75. The molecule has 2 rings (SSSR count). The Bertz CT molecular complexity index is 491. The summed E-state index contributed by atoms with van der Waals surface area (Å²) in [5.74, 6) is 1.06. The van der Waals surface area contributed by atoms with E-state index in [1.54, 1.807) is 0 Å². The fourth-order valence-corrected chi connectivity index (χ4v) is 2.58. The van der Waals surface area contributed by atoms with Gasteiger partial charge in [0.05, 0.1) is 13.7 Å². The number of esters is 1. The number of benzene rings is 1. The van der Waals surface area contributed by atoms with Crippen molar-refractivity contribution in [3.05, 3.63) is 24.3 Å². The minimum absolute atomic E-state index is 0.0968. The van der Waals surface area contributed by atoms with Gasteiger partial charge in [0.25, 0.3) is 0 Å². The molecular formula is C16H23NO4. The van der Waals surface area contributed by atoms with Gasteiger partial charge in [-0.3, -0.25) is 4.79 Å². The number of carbonyl (C=O) groups excluding carboxylic acids is 1. The van der Waals surface area contributed by atoms with E-state index in [0.717, 1.165) is 18.6 Å². The number of carbonyl (C=O) groups is 1. The van der Waals surface area contributed by atoms with Crippen molar-refractivity contribution in [1.82, 2.24) is 0 Å². The molecule has 1 aromatic rings. The maximum Gasteiger partial charge on any atom is 0.325 e. The first kappa shape index (κ1) is 15.6. The highest BCUT2D eigenvalue weighted by atomic mass is 16.5. The van der Waals surface area contributed by atoms with Gasteiger partial charge in [-0.05, 0) is 31.4 Å². The lowest BCUT2D eigenvalue weighted by Gasteiger charge is -2.21. The highest BCUT2D eigenvalue weighted by Crippen LogP contribution is 2.35. The predicted octanol–water partition coefficient (Wildman–Crippen LogP) is 2.28. The first-order chi connectivity index (χ1) is 10.1. The van der Waals surface area contributed by atoms with Crippen LogP contribution in [0.3, 0.4) is 0 Å². The number of hydrogen-bond acceptors (Lipinski definition) is 5. The summed E-state index contributed by atoms with van der Waals surface area (Å²) < 4.78 is 16.4. The first-order valence-electron chi connectivity index (χ1n) is 7.35. The molecule has 1 fully saturated rings. The van der Waals surface area contributed by atoms with Crippen LogP contribution >= 0.6 is 0 Å². The maximum atomic E-state index is 11.7. The molecule has 1 saturated carbocycles. The van der Waals surface area contributed by atoms with Crippen LogP contribution in [0.4, 0.5) is 0 Å². The van der Waals surface area contributed by atoms with Crippen molar-refractivity contribution in [3.8, 4) is 11.5 Å². The minimum Gasteiger partial charge on any atom is -0.490 e. The molecule has 0 saturated heterocycles. The zero-order chi connectivity index (χ0) is 15.3. The summed E-state index contributed by atoms with van der Waals surface area (Å²) >= 11 is 0. The molecule has 2 unspecified atom stereocenters. The molecule has 0 aliphatic heterocycles. The van der Waals surface area contributed by atoms with Crippen molar-refractivity contribution in [2.45, 2.75) is 44.2 Å². The lowest BCUT2D eigenvalue weighted by Crippen LogP contribution is -2.47. The third-order valence-corrected chi connectivity index (χ3v) is 3.70. The molecule has 0 radical (unpaired) electrons. The van der Waals surface area contributed by atoms with E-state index in [9.17, 15) is 4.79 Å².